The second-order valence-electron chi connectivity index (χ2n) is 6.26. The molecule has 1 aliphatic rings. The van der Waals surface area contributed by atoms with Crippen LogP contribution in [-0.4, -0.2) is 33.9 Å². The molecule has 1 amide bonds. The molecule has 3 rings (SSSR count). The first-order valence-electron chi connectivity index (χ1n) is 8.00. The van der Waals surface area contributed by atoms with Crippen molar-refractivity contribution in [1.29, 1.82) is 0 Å². The van der Waals surface area contributed by atoms with Crippen molar-refractivity contribution in [3.63, 3.8) is 0 Å². The van der Waals surface area contributed by atoms with Crippen LogP contribution in [-0.2, 0) is 0 Å². The third kappa shape index (κ3) is 3.50. The Morgan fingerprint density at radius 1 is 1.26 bits per heavy atom. The number of aromatic nitrogens is 2. The molecule has 0 aliphatic carbocycles. The van der Waals surface area contributed by atoms with Crippen LogP contribution in [0.4, 0.5) is 5.95 Å². The zero-order valence-corrected chi connectivity index (χ0v) is 13.6. The predicted octanol–water partition coefficient (Wildman–Crippen LogP) is 2.70. The Morgan fingerprint density at radius 2 is 2.09 bits per heavy atom. The van der Waals surface area contributed by atoms with Crippen molar-refractivity contribution < 1.29 is 4.79 Å². The van der Waals surface area contributed by atoms with Crippen molar-refractivity contribution >= 4 is 11.9 Å². The first-order valence-corrected chi connectivity index (χ1v) is 8.00. The highest BCUT2D eigenvalue weighted by atomic mass is 16.2. The SMILES string of the molecule is Cc1cccc([C@@H]2CCCN(C(=O)c3cc(C)nc(N)n3)C2)c1. The Morgan fingerprint density at radius 3 is 2.83 bits per heavy atom. The molecular weight excluding hydrogens is 288 g/mol. The van der Waals surface area contributed by atoms with E-state index in [2.05, 4.69) is 41.2 Å². The Bertz CT molecular complexity index is 708. The van der Waals surface area contributed by atoms with Crippen LogP contribution in [0, 0.1) is 13.8 Å². The summed E-state index contributed by atoms with van der Waals surface area (Å²) in [6, 6.07) is 10.3. The van der Waals surface area contributed by atoms with Gasteiger partial charge in [0.15, 0.2) is 0 Å². The minimum absolute atomic E-state index is 0.0560. The highest BCUT2D eigenvalue weighted by molar-refractivity contribution is 5.92. The van der Waals surface area contributed by atoms with E-state index >= 15 is 0 Å². The number of rotatable bonds is 2. The highest BCUT2D eigenvalue weighted by Gasteiger charge is 2.26. The van der Waals surface area contributed by atoms with E-state index in [0.717, 1.165) is 25.9 Å². The second kappa shape index (κ2) is 6.36. The van der Waals surface area contributed by atoms with Gasteiger partial charge in [0.05, 0.1) is 0 Å². The molecule has 1 aliphatic heterocycles. The van der Waals surface area contributed by atoms with Gasteiger partial charge in [0.2, 0.25) is 5.95 Å². The number of piperidine rings is 1. The van der Waals surface area contributed by atoms with E-state index in [1.165, 1.54) is 11.1 Å². The maximum absolute atomic E-state index is 12.7. The standard InChI is InChI=1S/C18H22N4O/c1-12-5-3-6-14(9-12)15-7-4-8-22(11-15)17(23)16-10-13(2)20-18(19)21-16/h3,5-6,9-10,15H,4,7-8,11H2,1-2H3,(H2,19,20,21)/t15-/m1/s1. The topological polar surface area (TPSA) is 72.1 Å². The molecule has 0 unspecified atom stereocenters. The molecular formula is C18H22N4O. The van der Waals surface area contributed by atoms with E-state index in [0.29, 0.717) is 17.3 Å². The van der Waals surface area contributed by atoms with Gasteiger partial charge in [-0.15, -0.1) is 0 Å². The fraction of sp³-hybridized carbons (Fsp3) is 0.389. The Labute approximate surface area is 136 Å². The molecule has 1 aromatic heterocycles. The summed E-state index contributed by atoms with van der Waals surface area (Å²) in [4.78, 5) is 22.7. The summed E-state index contributed by atoms with van der Waals surface area (Å²) < 4.78 is 0. The van der Waals surface area contributed by atoms with Gasteiger partial charge in [0.25, 0.3) is 5.91 Å². The third-order valence-corrected chi connectivity index (χ3v) is 4.31. The van der Waals surface area contributed by atoms with Crippen molar-refractivity contribution in [2.24, 2.45) is 0 Å². The molecule has 1 atom stereocenters. The average molecular weight is 310 g/mol. The molecule has 0 bridgehead atoms. The highest BCUT2D eigenvalue weighted by Crippen LogP contribution is 2.28. The van der Waals surface area contributed by atoms with Crippen LogP contribution in [0.15, 0.2) is 30.3 Å². The summed E-state index contributed by atoms with van der Waals surface area (Å²) in [5, 5.41) is 0. The molecule has 1 aromatic carbocycles. The van der Waals surface area contributed by atoms with Crippen LogP contribution < -0.4 is 5.73 Å². The lowest BCUT2D eigenvalue weighted by molar-refractivity contribution is 0.0701. The first-order chi connectivity index (χ1) is 11.0. The summed E-state index contributed by atoms with van der Waals surface area (Å²) in [5.41, 5.74) is 9.33. The fourth-order valence-electron chi connectivity index (χ4n) is 3.22. The van der Waals surface area contributed by atoms with Gasteiger partial charge in [-0.25, -0.2) is 9.97 Å². The fourth-order valence-corrected chi connectivity index (χ4v) is 3.22. The number of nitrogen functional groups attached to an aromatic ring is 1. The number of hydrogen-bond donors (Lipinski definition) is 1. The largest absolute Gasteiger partial charge is 0.368 e. The van der Waals surface area contributed by atoms with E-state index < -0.39 is 0 Å². The molecule has 2 N–H and O–H groups in total. The Hall–Kier alpha value is -2.43. The number of hydrogen-bond acceptors (Lipinski definition) is 4. The van der Waals surface area contributed by atoms with Gasteiger partial charge in [-0.05, 0) is 38.3 Å². The minimum Gasteiger partial charge on any atom is -0.368 e. The van der Waals surface area contributed by atoms with Crippen molar-refractivity contribution in [3.05, 3.63) is 52.8 Å². The van der Waals surface area contributed by atoms with E-state index in [-0.39, 0.29) is 11.9 Å². The molecule has 1 saturated heterocycles. The quantitative estimate of drug-likeness (QED) is 0.925. The number of carbonyl (C=O) groups is 1. The summed E-state index contributed by atoms with van der Waals surface area (Å²) >= 11 is 0. The van der Waals surface area contributed by atoms with Crippen LogP contribution >= 0.6 is 0 Å². The number of nitrogens with zero attached hydrogens (tertiary/aromatic N) is 3. The molecule has 0 saturated carbocycles. The zero-order valence-electron chi connectivity index (χ0n) is 13.6. The van der Waals surface area contributed by atoms with Crippen LogP contribution in [0.3, 0.4) is 0 Å². The first kappa shape index (κ1) is 15.5. The third-order valence-electron chi connectivity index (χ3n) is 4.31. The molecule has 23 heavy (non-hydrogen) atoms. The number of amides is 1. The molecule has 5 nitrogen and oxygen atoms in total. The number of likely N-dealkylation sites (tertiary alicyclic amines) is 1. The number of benzene rings is 1. The normalized spacial score (nSPS) is 18.0. The van der Waals surface area contributed by atoms with E-state index in [4.69, 9.17) is 5.73 Å². The monoisotopic (exact) mass is 310 g/mol. The van der Waals surface area contributed by atoms with Crippen molar-refractivity contribution in [2.75, 3.05) is 18.8 Å². The molecule has 2 aromatic rings. The summed E-state index contributed by atoms with van der Waals surface area (Å²) in [7, 11) is 0. The van der Waals surface area contributed by atoms with Gasteiger partial charge >= 0.3 is 0 Å². The molecule has 0 spiro atoms. The van der Waals surface area contributed by atoms with E-state index in [9.17, 15) is 4.79 Å². The van der Waals surface area contributed by atoms with Gasteiger partial charge in [-0.3, -0.25) is 4.79 Å². The predicted molar refractivity (Wildman–Crippen MR) is 90.2 cm³/mol. The number of carbonyl (C=O) groups excluding carboxylic acids is 1. The zero-order chi connectivity index (χ0) is 16.4. The molecule has 120 valence electrons. The van der Waals surface area contributed by atoms with Crippen LogP contribution in [0.25, 0.3) is 0 Å². The summed E-state index contributed by atoms with van der Waals surface area (Å²) in [6.07, 6.45) is 2.11. The molecule has 5 heteroatoms. The lowest BCUT2D eigenvalue weighted by atomic mass is 9.89. The maximum Gasteiger partial charge on any atom is 0.272 e. The van der Waals surface area contributed by atoms with E-state index in [1.54, 1.807) is 6.07 Å². The number of nitrogens with two attached hydrogens (primary N) is 1. The van der Waals surface area contributed by atoms with Crippen molar-refractivity contribution in [1.82, 2.24) is 14.9 Å². The van der Waals surface area contributed by atoms with Gasteiger partial charge in [0, 0.05) is 24.7 Å². The van der Waals surface area contributed by atoms with E-state index in [1.807, 2.05) is 11.8 Å². The summed E-state index contributed by atoms with van der Waals surface area (Å²) in [6.45, 7) is 5.41. The van der Waals surface area contributed by atoms with Gasteiger partial charge in [0.1, 0.15) is 5.69 Å². The Balaban J connectivity index is 1.79. The maximum atomic E-state index is 12.7. The molecule has 0 radical (unpaired) electrons. The van der Waals surface area contributed by atoms with Crippen LogP contribution in [0.1, 0.15) is 46.1 Å². The molecule has 1 fully saturated rings. The van der Waals surface area contributed by atoms with Crippen LogP contribution in [0.2, 0.25) is 0 Å². The van der Waals surface area contributed by atoms with Crippen molar-refractivity contribution in [3.8, 4) is 0 Å². The van der Waals surface area contributed by atoms with Crippen LogP contribution in [0.5, 0.6) is 0 Å². The smallest absolute Gasteiger partial charge is 0.272 e. The summed E-state index contributed by atoms with van der Waals surface area (Å²) in [5.74, 6) is 0.480. The number of anilines is 1. The van der Waals surface area contributed by atoms with Gasteiger partial charge in [-0.1, -0.05) is 29.8 Å². The Kier molecular flexibility index (Phi) is 4.28. The second-order valence-corrected chi connectivity index (χ2v) is 6.26. The minimum atomic E-state index is -0.0560. The lowest BCUT2D eigenvalue weighted by Crippen LogP contribution is -2.39. The molecule has 2 heterocycles. The average Bonchev–Trinajstić information content (AvgIpc) is 2.53. The lowest BCUT2D eigenvalue weighted by Gasteiger charge is -2.33. The van der Waals surface area contributed by atoms with Gasteiger partial charge < -0.3 is 10.6 Å². The van der Waals surface area contributed by atoms with Crippen molar-refractivity contribution in [2.45, 2.75) is 32.6 Å². The number of aryl methyl sites for hydroxylation is 2. The van der Waals surface area contributed by atoms with Gasteiger partial charge in [-0.2, -0.15) is 0 Å².